The monoisotopic (exact) mass is 274 g/mol. The van der Waals surface area contributed by atoms with Crippen LogP contribution in [0.4, 0.5) is 0 Å². The van der Waals surface area contributed by atoms with E-state index in [1.807, 2.05) is 45.0 Å². The second-order valence-corrected chi connectivity index (χ2v) is 5.11. The minimum absolute atomic E-state index is 0.0646. The Morgan fingerprint density at radius 1 is 1.30 bits per heavy atom. The smallest absolute Gasteiger partial charge is 0.246 e. The molecule has 0 aliphatic carbocycles. The van der Waals surface area contributed by atoms with E-state index < -0.39 is 0 Å². The van der Waals surface area contributed by atoms with Crippen molar-refractivity contribution in [3.8, 4) is 0 Å². The Labute approximate surface area is 120 Å². The van der Waals surface area contributed by atoms with Gasteiger partial charge in [0, 0.05) is 19.2 Å². The average Bonchev–Trinajstić information content (AvgIpc) is 2.36. The lowest BCUT2D eigenvalue weighted by molar-refractivity contribution is -0.131. The molecule has 0 aliphatic rings. The second kappa shape index (κ2) is 7.48. The van der Waals surface area contributed by atoms with Crippen molar-refractivity contribution < 1.29 is 9.59 Å². The third-order valence-corrected chi connectivity index (χ3v) is 2.80. The van der Waals surface area contributed by atoms with Crippen LogP contribution in [-0.2, 0) is 9.59 Å². The van der Waals surface area contributed by atoms with Gasteiger partial charge in [0.15, 0.2) is 0 Å². The van der Waals surface area contributed by atoms with Crippen molar-refractivity contribution >= 4 is 17.9 Å². The van der Waals surface area contributed by atoms with E-state index in [0.29, 0.717) is 0 Å². The summed E-state index contributed by atoms with van der Waals surface area (Å²) in [7, 11) is 1.62. The number of hydrogen-bond acceptors (Lipinski definition) is 2. The lowest BCUT2D eigenvalue weighted by Gasteiger charge is -2.16. The number of nitrogens with zero attached hydrogens (tertiary/aromatic N) is 1. The largest absolute Gasteiger partial charge is 0.352 e. The first-order valence-corrected chi connectivity index (χ1v) is 6.68. The first-order chi connectivity index (χ1) is 9.40. The van der Waals surface area contributed by atoms with Gasteiger partial charge in [0.1, 0.15) is 0 Å². The Bertz CT molecular complexity index is 507. The van der Waals surface area contributed by atoms with Crippen LogP contribution in [0.3, 0.4) is 0 Å². The van der Waals surface area contributed by atoms with Crippen molar-refractivity contribution in [2.45, 2.75) is 26.8 Å². The number of rotatable bonds is 5. The summed E-state index contributed by atoms with van der Waals surface area (Å²) in [6.45, 7) is 5.83. The number of hydrogen-bond donors (Lipinski definition) is 1. The van der Waals surface area contributed by atoms with E-state index in [4.69, 9.17) is 0 Å². The SMILES string of the molecule is Cc1ccccc1/C=C/C(=O)N(C)CC(=O)NC(C)C. The molecule has 1 aromatic carbocycles. The molecule has 0 fully saturated rings. The molecule has 0 saturated carbocycles. The van der Waals surface area contributed by atoms with Crippen LogP contribution < -0.4 is 5.32 Å². The first-order valence-electron chi connectivity index (χ1n) is 6.68. The van der Waals surface area contributed by atoms with Gasteiger partial charge in [0.05, 0.1) is 6.54 Å². The van der Waals surface area contributed by atoms with Gasteiger partial charge in [-0.1, -0.05) is 24.3 Å². The van der Waals surface area contributed by atoms with Crippen LogP contribution in [0.25, 0.3) is 6.08 Å². The number of nitrogens with one attached hydrogen (secondary N) is 1. The maximum Gasteiger partial charge on any atom is 0.246 e. The third-order valence-electron chi connectivity index (χ3n) is 2.80. The van der Waals surface area contributed by atoms with Gasteiger partial charge in [-0.15, -0.1) is 0 Å². The van der Waals surface area contributed by atoms with Crippen LogP contribution in [0.15, 0.2) is 30.3 Å². The molecule has 0 heterocycles. The minimum atomic E-state index is -0.188. The molecule has 1 rings (SSSR count). The topological polar surface area (TPSA) is 49.4 Å². The molecule has 0 unspecified atom stereocenters. The number of benzene rings is 1. The zero-order valence-electron chi connectivity index (χ0n) is 12.5. The van der Waals surface area contributed by atoms with Crippen molar-refractivity contribution in [3.63, 3.8) is 0 Å². The van der Waals surface area contributed by atoms with Crippen LogP contribution in [0.2, 0.25) is 0 Å². The second-order valence-electron chi connectivity index (χ2n) is 5.11. The lowest BCUT2D eigenvalue weighted by Crippen LogP contribution is -2.40. The zero-order valence-corrected chi connectivity index (χ0v) is 12.5. The molecule has 2 amide bonds. The molecule has 4 heteroatoms. The Kier molecular flexibility index (Phi) is 5.97. The predicted octanol–water partition coefficient (Wildman–Crippen LogP) is 1.99. The van der Waals surface area contributed by atoms with E-state index in [2.05, 4.69) is 5.32 Å². The quantitative estimate of drug-likeness (QED) is 0.835. The van der Waals surface area contributed by atoms with Crippen LogP contribution >= 0.6 is 0 Å². The van der Waals surface area contributed by atoms with Crippen LogP contribution in [0, 0.1) is 6.92 Å². The summed E-state index contributed by atoms with van der Waals surface area (Å²) >= 11 is 0. The molecule has 0 bridgehead atoms. The molecular weight excluding hydrogens is 252 g/mol. The predicted molar refractivity (Wildman–Crippen MR) is 81.1 cm³/mol. The highest BCUT2D eigenvalue weighted by Gasteiger charge is 2.10. The van der Waals surface area contributed by atoms with E-state index in [9.17, 15) is 9.59 Å². The fourth-order valence-electron chi connectivity index (χ4n) is 1.72. The minimum Gasteiger partial charge on any atom is -0.352 e. The van der Waals surface area contributed by atoms with Crippen LogP contribution in [0.1, 0.15) is 25.0 Å². The lowest BCUT2D eigenvalue weighted by atomic mass is 10.1. The van der Waals surface area contributed by atoms with Gasteiger partial charge in [-0.05, 0) is 38.0 Å². The van der Waals surface area contributed by atoms with Gasteiger partial charge in [-0.3, -0.25) is 9.59 Å². The molecule has 0 aromatic heterocycles. The van der Waals surface area contributed by atoms with Gasteiger partial charge in [-0.25, -0.2) is 0 Å². The summed E-state index contributed by atoms with van der Waals surface area (Å²) in [4.78, 5) is 24.9. The highest BCUT2D eigenvalue weighted by atomic mass is 16.2. The van der Waals surface area contributed by atoms with E-state index in [1.54, 1.807) is 13.1 Å². The van der Waals surface area contributed by atoms with E-state index in [-0.39, 0.29) is 24.4 Å². The first kappa shape index (κ1) is 16.0. The van der Waals surface area contributed by atoms with Crippen molar-refractivity contribution in [2.75, 3.05) is 13.6 Å². The van der Waals surface area contributed by atoms with E-state index >= 15 is 0 Å². The summed E-state index contributed by atoms with van der Waals surface area (Å²) in [6, 6.07) is 7.90. The van der Waals surface area contributed by atoms with E-state index in [0.717, 1.165) is 11.1 Å². The number of likely N-dealkylation sites (N-methyl/N-ethyl adjacent to an activating group) is 1. The average molecular weight is 274 g/mol. The highest BCUT2D eigenvalue weighted by molar-refractivity contribution is 5.94. The molecule has 0 radical (unpaired) electrons. The normalized spacial score (nSPS) is 10.8. The van der Waals surface area contributed by atoms with Crippen molar-refractivity contribution in [3.05, 3.63) is 41.5 Å². The molecular formula is C16H22N2O2. The maximum atomic E-state index is 11.9. The molecule has 0 spiro atoms. The Hall–Kier alpha value is -2.10. The number of aryl methyl sites for hydroxylation is 1. The van der Waals surface area contributed by atoms with Crippen molar-refractivity contribution in [1.82, 2.24) is 10.2 Å². The number of carbonyl (C=O) groups excluding carboxylic acids is 2. The highest BCUT2D eigenvalue weighted by Crippen LogP contribution is 2.08. The molecule has 1 N–H and O–H groups in total. The summed E-state index contributed by atoms with van der Waals surface area (Å²) in [5.74, 6) is -0.340. The molecule has 1 aromatic rings. The van der Waals surface area contributed by atoms with Crippen molar-refractivity contribution in [2.24, 2.45) is 0 Å². The summed E-state index contributed by atoms with van der Waals surface area (Å²) in [5.41, 5.74) is 2.11. The third kappa shape index (κ3) is 5.26. The Balaban J connectivity index is 2.58. The summed E-state index contributed by atoms with van der Waals surface area (Å²) in [6.07, 6.45) is 3.26. The van der Waals surface area contributed by atoms with Crippen LogP contribution in [-0.4, -0.2) is 36.3 Å². The zero-order chi connectivity index (χ0) is 15.1. The van der Waals surface area contributed by atoms with Gasteiger partial charge in [0.2, 0.25) is 11.8 Å². The van der Waals surface area contributed by atoms with E-state index in [1.165, 1.54) is 11.0 Å². The molecule has 4 nitrogen and oxygen atoms in total. The van der Waals surface area contributed by atoms with Crippen molar-refractivity contribution in [1.29, 1.82) is 0 Å². The van der Waals surface area contributed by atoms with Gasteiger partial charge in [-0.2, -0.15) is 0 Å². The molecule has 20 heavy (non-hydrogen) atoms. The molecule has 0 atom stereocenters. The fourth-order valence-corrected chi connectivity index (χ4v) is 1.72. The number of amides is 2. The fraction of sp³-hybridized carbons (Fsp3) is 0.375. The maximum absolute atomic E-state index is 11.9. The van der Waals surface area contributed by atoms with Gasteiger partial charge >= 0.3 is 0 Å². The summed E-state index contributed by atoms with van der Waals surface area (Å²) < 4.78 is 0. The molecule has 0 aliphatic heterocycles. The van der Waals surface area contributed by atoms with Gasteiger partial charge < -0.3 is 10.2 Å². The summed E-state index contributed by atoms with van der Waals surface area (Å²) in [5, 5.41) is 2.75. The molecule has 108 valence electrons. The Morgan fingerprint density at radius 2 is 1.95 bits per heavy atom. The standard InChI is InChI=1S/C16H22N2O2/c1-12(2)17-15(19)11-18(4)16(20)10-9-14-8-6-5-7-13(14)3/h5-10,12H,11H2,1-4H3,(H,17,19)/b10-9+. The van der Waals surface area contributed by atoms with Gasteiger partial charge in [0.25, 0.3) is 0 Å². The molecule has 0 saturated heterocycles. The van der Waals surface area contributed by atoms with Crippen LogP contribution in [0.5, 0.6) is 0 Å². The number of carbonyl (C=O) groups is 2. The Morgan fingerprint density at radius 3 is 2.55 bits per heavy atom.